The van der Waals surface area contributed by atoms with Crippen molar-refractivity contribution in [2.45, 2.75) is 19.4 Å². The second-order valence-electron chi connectivity index (χ2n) is 6.15. The Labute approximate surface area is 164 Å². The van der Waals surface area contributed by atoms with Crippen molar-refractivity contribution in [2.24, 2.45) is 4.99 Å². The first-order valence-corrected chi connectivity index (χ1v) is 9.37. The summed E-state index contributed by atoms with van der Waals surface area (Å²) in [5.74, 6) is 2.25. The van der Waals surface area contributed by atoms with Gasteiger partial charge in [-0.1, -0.05) is 29.8 Å². The van der Waals surface area contributed by atoms with Gasteiger partial charge in [0.2, 0.25) is 6.79 Å². The average Bonchev–Trinajstić information content (AvgIpc) is 3.14. The van der Waals surface area contributed by atoms with Gasteiger partial charge in [0.05, 0.1) is 12.6 Å². The van der Waals surface area contributed by atoms with Crippen LogP contribution in [0.15, 0.2) is 47.5 Å². The van der Waals surface area contributed by atoms with E-state index in [1.165, 1.54) is 0 Å². The second kappa shape index (κ2) is 9.48. The maximum atomic E-state index is 10.3. The SMILES string of the molecule is CCNC(=NCC(O)c1ccc(Cl)cc1)NCCc1ccc2c(c1)OCO2. The lowest BCUT2D eigenvalue weighted by Gasteiger charge is -2.13. The molecule has 0 fully saturated rings. The molecule has 1 heterocycles. The van der Waals surface area contributed by atoms with E-state index in [1.54, 1.807) is 12.1 Å². The molecule has 2 aromatic rings. The van der Waals surface area contributed by atoms with E-state index in [0.29, 0.717) is 17.5 Å². The molecule has 0 aliphatic carbocycles. The van der Waals surface area contributed by atoms with Crippen LogP contribution in [-0.2, 0) is 6.42 Å². The summed E-state index contributed by atoms with van der Waals surface area (Å²) in [6.45, 7) is 4.01. The fraction of sp³-hybridized carbons (Fsp3) is 0.350. The number of rotatable bonds is 7. The number of guanidine groups is 1. The van der Waals surface area contributed by atoms with Crippen LogP contribution in [-0.4, -0.2) is 37.5 Å². The minimum atomic E-state index is -0.674. The standard InChI is InChI=1S/C20H24ClN3O3/c1-2-22-20(24-12-17(25)15-4-6-16(21)7-5-15)23-10-9-14-3-8-18-19(11-14)27-13-26-18/h3-8,11,17,25H,2,9-10,12-13H2,1H3,(H2,22,23,24). The van der Waals surface area contributed by atoms with Gasteiger partial charge < -0.3 is 25.2 Å². The molecule has 1 atom stereocenters. The van der Waals surface area contributed by atoms with Crippen molar-refractivity contribution in [1.29, 1.82) is 0 Å². The van der Waals surface area contributed by atoms with Crippen molar-refractivity contribution in [3.05, 3.63) is 58.6 Å². The zero-order chi connectivity index (χ0) is 19.1. The van der Waals surface area contributed by atoms with Gasteiger partial charge in [-0.15, -0.1) is 0 Å². The van der Waals surface area contributed by atoms with Gasteiger partial charge in [-0.3, -0.25) is 4.99 Å². The first-order chi connectivity index (χ1) is 13.2. The van der Waals surface area contributed by atoms with Crippen LogP contribution in [0.3, 0.4) is 0 Å². The van der Waals surface area contributed by atoms with Crippen LogP contribution in [0.1, 0.15) is 24.2 Å². The zero-order valence-electron chi connectivity index (χ0n) is 15.2. The number of aliphatic hydroxyl groups excluding tert-OH is 1. The molecule has 0 saturated heterocycles. The van der Waals surface area contributed by atoms with E-state index in [9.17, 15) is 5.11 Å². The van der Waals surface area contributed by atoms with Crippen molar-refractivity contribution in [2.75, 3.05) is 26.4 Å². The number of fused-ring (bicyclic) bond motifs is 1. The summed E-state index contributed by atoms with van der Waals surface area (Å²) < 4.78 is 10.7. The van der Waals surface area contributed by atoms with Gasteiger partial charge in [-0.25, -0.2) is 0 Å². The van der Waals surface area contributed by atoms with Crippen molar-refractivity contribution in [1.82, 2.24) is 10.6 Å². The quantitative estimate of drug-likeness (QED) is 0.501. The fourth-order valence-corrected chi connectivity index (χ4v) is 2.86. The highest BCUT2D eigenvalue weighted by Gasteiger charge is 2.13. The number of nitrogens with one attached hydrogen (secondary N) is 2. The number of nitrogens with zero attached hydrogens (tertiary/aromatic N) is 1. The smallest absolute Gasteiger partial charge is 0.231 e. The van der Waals surface area contributed by atoms with Gasteiger partial charge in [-0.05, 0) is 48.7 Å². The van der Waals surface area contributed by atoms with Crippen LogP contribution in [0, 0.1) is 0 Å². The Morgan fingerprint density at radius 2 is 1.93 bits per heavy atom. The highest BCUT2D eigenvalue weighted by Crippen LogP contribution is 2.32. The summed E-state index contributed by atoms with van der Waals surface area (Å²) in [4.78, 5) is 4.47. The maximum absolute atomic E-state index is 10.3. The normalized spacial score (nSPS) is 14.1. The molecule has 0 aromatic heterocycles. The molecule has 0 amide bonds. The third-order valence-corrected chi connectivity index (χ3v) is 4.42. The molecule has 27 heavy (non-hydrogen) atoms. The van der Waals surface area contributed by atoms with E-state index in [-0.39, 0.29) is 13.3 Å². The number of hydrogen-bond donors (Lipinski definition) is 3. The molecule has 3 rings (SSSR count). The second-order valence-corrected chi connectivity index (χ2v) is 6.59. The number of halogens is 1. The maximum Gasteiger partial charge on any atom is 0.231 e. The van der Waals surface area contributed by atoms with Gasteiger partial charge in [-0.2, -0.15) is 0 Å². The first kappa shape index (κ1) is 19.3. The minimum absolute atomic E-state index is 0.265. The molecule has 1 aliphatic heterocycles. The Balaban J connectivity index is 1.52. The van der Waals surface area contributed by atoms with Crippen LogP contribution in [0.25, 0.3) is 0 Å². The van der Waals surface area contributed by atoms with Crippen LogP contribution in [0.5, 0.6) is 11.5 Å². The predicted molar refractivity (Wildman–Crippen MR) is 107 cm³/mol. The molecule has 144 valence electrons. The van der Waals surface area contributed by atoms with E-state index in [2.05, 4.69) is 15.6 Å². The van der Waals surface area contributed by atoms with Gasteiger partial charge in [0, 0.05) is 18.1 Å². The Morgan fingerprint density at radius 1 is 1.15 bits per heavy atom. The Kier molecular flexibility index (Phi) is 6.79. The Bertz CT molecular complexity index is 781. The number of benzene rings is 2. The number of aliphatic imine (C=N–C) groups is 1. The van der Waals surface area contributed by atoms with Crippen molar-refractivity contribution in [3.8, 4) is 11.5 Å². The molecular weight excluding hydrogens is 366 g/mol. The van der Waals surface area contributed by atoms with E-state index >= 15 is 0 Å². The van der Waals surface area contributed by atoms with Gasteiger partial charge in [0.25, 0.3) is 0 Å². The molecule has 1 unspecified atom stereocenters. The number of aliphatic hydroxyl groups is 1. The topological polar surface area (TPSA) is 75.1 Å². The third-order valence-electron chi connectivity index (χ3n) is 4.16. The molecule has 7 heteroatoms. The lowest BCUT2D eigenvalue weighted by Crippen LogP contribution is -2.38. The molecule has 0 spiro atoms. The monoisotopic (exact) mass is 389 g/mol. The molecule has 2 aromatic carbocycles. The van der Waals surface area contributed by atoms with E-state index in [4.69, 9.17) is 21.1 Å². The highest BCUT2D eigenvalue weighted by molar-refractivity contribution is 6.30. The Hall–Kier alpha value is -2.44. The molecular formula is C20H24ClN3O3. The summed E-state index contributed by atoms with van der Waals surface area (Å²) in [6.07, 6.45) is 0.146. The van der Waals surface area contributed by atoms with Gasteiger partial charge in [0.1, 0.15) is 0 Å². The van der Waals surface area contributed by atoms with Crippen LogP contribution in [0.2, 0.25) is 5.02 Å². The van der Waals surface area contributed by atoms with Crippen LogP contribution < -0.4 is 20.1 Å². The lowest BCUT2D eigenvalue weighted by atomic mass is 10.1. The Morgan fingerprint density at radius 3 is 2.70 bits per heavy atom. The fourth-order valence-electron chi connectivity index (χ4n) is 2.73. The van der Waals surface area contributed by atoms with E-state index in [1.807, 2.05) is 37.3 Å². The van der Waals surface area contributed by atoms with Crippen LogP contribution in [0.4, 0.5) is 0 Å². The molecule has 3 N–H and O–H groups in total. The lowest BCUT2D eigenvalue weighted by molar-refractivity contribution is 0.174. The summed E-state index contributed by atoms with van der Waals surface area (Å²) in [5, 5.41) is 17.4. The number of ether oxygens (including phenoxy) is 2. The number of hydrogen-bond acceptors (Lipinski definition) is 4. The van der Waals surface area contributed by atoms with Crippen molar-refractivity contribution >= 4 is 17.6 Å². The van der Waals surface area contributed by atoms with Crippen molar-refractivity contribution < 1.29 is 14.6 Å². The minimum Gasteiger partial charge on any atom is -0.454 e. The van der Waals surface area contributed by atoms with Crippen molar-refractivity contribution in [3.63, 3.8) is 0 Å². The summed E-state index contributed by atoms with van der Waals surface area (Å²) in [6, 6.07) is 13.1. The van der Waals surface area contributed by atoms with Crippen LogP contribution >= 0.6 is 11.6 Å². The third kappa shape index (κ3) is 5.52. The zero-order valence-corrected chi connectivity index (χ0v) is 16.0. The predicted octanol–water partition coefficient (Wildman–Crippen LogP) is 2.90. The summed E-state index contributed by atoms with van der Waals surface area (Å²) in [7, 11) is 0. The molecule has 0 saturated carbocycles. The van der Waals surface area contributed by atoms with E-state index in [0.717, 1.165) is 35.6 Å². The van der Waals surface area contributed by atoms with Gasteiger partial charge >= 0.3 is 0 Å². The molecule has 0 bridgehead atoms. The first-order valence-electron chi connectivity index (χ1n) is 9.00. The molecule has 0 radical (unpaired) electrons. The summed E-state index contributed by atoms with van der Waals surface area (Å²) >= 11 is 5.88. The largest absolute Gasteiger partial charge is 0.454 e. The molecule has 6 nitrogen and oxygen atoms in total. The van der Waals surface area contributed by atoms with Gasteiger partial charge in [0.15, 0.2) is 17.5 Å². The summed E-state index contributed by atoms with van der Waals surface area (Å²) in [5.41, 5.74) is 1.95. The average molecular weight is 390 g/mol. The molecule has 1 aliphatic rings. The highest BCUT2D eigenvalue weighted by atomic mass is 35.5. The van der Waals surface area contributed by atoms with E-state index < -0.39 is 6.10 Å².